The lowest BCUT2D eigenvalue weighted by Gasteiger charge is -2.24. The lowest BCUT2D eigenvalue weighted by Crippen LogP contribution is -2.19. The Bertz CT molecular complexity index is 373. The largest absolute Gasteiger partial charge is 0.481 e. The van der Waals surface area contributed by atoms with Crippen molar-refractivity contribution in [2.45, 2.75) is 25.2 Å². The zero-order chi connectivity index (χ0) is 10.8. The number of carboxylic acids is 1. The summed E-state index contributed by atoms with van der Waals surface area (Å²) < 4.78 is 0. The summed E-state index contributed by atoms with van der Waals surface area (Å²) in [5.74, 6) is -1.05. The molecule has 1 unspecified atom stereocenters. The number of aryl methyl sites for hydroxylation is 1. The van der Waals surface area contributed by atoms with Gasteiger partial charge < -0.3 is 10.4 Å². The Morgan fingerprint density at radius 1 is 1.53 bits per heavy atom. The topological polar surface area (TPSA) is 49.3 Å². The van der Waals surface area contributed by atoms with E-state index in [2.05, 4.69) is 5.32 Å². The minimum absolute atomic E-state index is 0.336. The number of hydrogen-bond donors (Lipinski definition) is 2. The van der Waals surface area contributed by atoms with Crippen LogP contribution in [0.2, 0.25) is 0 Å². The van der Waals surface area contributed by atoms with Crippen LogP contribution in [0.3, 0.4) is 0 Å². The number of carbonyl (C=O) groups is 1. The van der Waals surface area contributed by atoms with Crippen molar-refractivity contribution < 1.29 is 9.90 Å². The van der Waals surface area contributed by atoms with Crippen LogP contribution in [-0.4, -0.2) is 18.1 Å². The number of anilines is 1. The summed E-state index contributed by atoms with van der Waals surface area (Å²) in [7, 11) is 1.84. The van der Waals surface area contributed by atoms with E-state index in [9.17, 15) is 9.90 Å². The summed E-state index contributed by atoms with van der Waals surface area (Å²) in [4.78, 5) is 11.2. The number of benzene rings is 1. The first kappa shape index (κ1) is 10.0. The zero-order valence-electron chi connectivity index (χ0n) is 8.79. The highest BCUT2D eigenvalue weighted by Crippen LogP contribution is 2.36. The van der Waals surface area contributed by atoms with Gasteiger partial charge in [-0.25, -0.2) is 0 Å². The van der Waals surface area contributed by atoms with Gasteiger partial charge in [0.25, 0.3) is 0 Å². The Morgan fingerprint density at radius 3 is 3.00 bits per heavy atom. The van der Waals surface area contributed by atoms with Crippen LogP contribution in [0.4, 0.5) is 5.69 Å². The first-order valence-corrected chi connectivity index (χ1v) is 5.26. The van der Waals surface area contributed by atoms with Crippen molar-refractivity contribution in [3.05, 3.63) is 29.3 Å². The van der Waals surface area contributed by atoms with E-state index in [0.29, 0.717) is 0 Å². The number of fused-ring (bicyclic) bond motifs is 1. The first-order chi connectivity index (χ1) is 7.24. The molecule has 15 heavy (non-hydrogen) atoms. The molecule has 80 valence electrons. The third-order valence-corrected chi connectivity index (χ3v) is 3.05. The van der Waals surface area contributed by atoms with E-state index in [1.165, 1.54) is 5.56 Å². The molecule has 3 nitrogen and oxygen atoms in total. The zero-order valence-corrected chi connectivity index (χ0v) is 8.79. The second-order valence-electron chi connectivity index (χ2n) is 3.91. The highest BCUT2D eigenvalue weighted by Gasteiger charge is 2.28. The maximum atomic E-state index is 11.2. The Kier molecular flexibility index (Phi) is 2.62. The van der Waals surface area contributed by atoms with Gasteiger partial charge in [0.15, 0.2) is 0 Å². The van der Waals surface area contributed by atoms with Gasteiger partial charge in [-0.3, -0.25) is 4.79 Å². The molecule has 0 saturated heterocycles. The van der Waals surface area contributed by atoms with E-state index in [4.69, 9.17) is 0 Å². The van der Waals surface area contributed by atoms with Gasteiger partial charge in [0, 0.05) is 12.7 Å². The van der Waals surface area contributed by atoms with Crippen LogP contribution in [0.1, 0.15) is 29.9 Å². The predicted octanol–water partition coefficient (Wildman–Crippen LogP) is 2.23. The number of aliphatic carboxylic acids is 1. The van der Waals surface area contributed by atoms with Gasteiger partial charge in [0.1, 0.15) is 0 Å². The first-order valence-electron chi connectivity index (χ1n) is 5.26. The van der Waals surface area contributed by atoms with E-state index < -0.39 is 5.97 Å². The Balaban J connectivity index is 2.52. The lowest BCUT2D eigenvalue weighted by molar-refractivity contribution is -0.139. The van der Waals surface area contributed by atoms with Crippen molar-refractivity contribution in [1.29, 1.82) is 0 Å². The van der Waals surface area contributed by atoms with E-state index in [1.54, 1.807) is 0 Å². The monoisotopic (exact) mass is 205 g/mol. The maximum absolute atomic E-state index is 11.2. The molecule has 1 aliphatic carbocycles. The number of nitrogens with one attached hydrogen (secondary N) is 1. The molecular formula is C12H15NO2. The van der Waals surface area contributed by atoms with Gasteiger partial charge in [0.2, 0.25) is 0 Å². The summed E-state index contributed by atoms with van der Waals surface area (Å²) in [6.45, 7) is 0. The SMILES string of the molecule is CNc1cccc2c1C(C(=O)O)CCC2. The van der Waals surface area contributed by atoms with E-state index in [0.717, 1.165) is 30.5 Å². The van der Waals surface area contributed by atoms with Gasteiger partial charge in [-0.1, -0.05) is 12.1 Å². The van der Waals surface area contributed by atoms with Crippen molar-refractivity contribution in [2.75, 3.05) is 12.4 Å². The number of rotatable bonds is 2. The van der Waals surface area contributed by atoms with Gasteiger partial charge in [-0.15, -0.1) is 0 Å². The van der Waals surface area contributed by atoms with Crippen LogP contribution < -0.4 is 5.32 Å². The number of carboxylic acid groups (broad SMARTS) is 1. The molecule has 2 rings (SSSR count). The fourth-order valence-corrected chi connectivity index (χ4v) is 2.35. The molecule has 0 fully saturated rings. The highest BCUT2D eigenvalue weighted by molar-refractivity contribution is 5.80. The minimum Gasteiger partial charge on any atom is -0.481 e. The van der Waals surface area contributed by atoms with Crippen LogP contribution in [0.15, 0.2) is 18.2 Å². The Morgan fingerprint density at radius 2 is 2.33 bits per heavy atom. The van der Waals surface area contributed by atoms with Gasteiger partial charge >= 0.3 is 5.97 Å². The summed E-state index contributed by atoms with van der Waals surface area (Å²) in [6, 6.07) is 5.96. The molecule has 1 aromatic rings. The smallest absolute Gasteiger partial charge is 0.311 e. The molecule has 1 atom stereocenters. The van der Waals surface area contributed by atoms with Gasteiger partial charge in [-0.2, -0.15) is 0 Å². The van der Waals surface area contributed by atoms with Crippen molar-refractivity contribution >= 4 is 11.7 Å². The van der Waals surface area contributed by atoms with Crippen LogP contribution >= 0.6 is 0 Å². The summed E-state index contributed by atoms with van der Waals surface area (Å²) in [5.41, 5.74) is 3.12. The number of hydrogen-bond acceptors (Lipinski definition) is 2. The molecule has 1 aliphatic rings. The molecule has 0 aromatic heterocycles. The Hall–Kier alpha value is -1.51. The van der Waals surface area contributed by atoms with E-state index in [-0.39, 0.29) is 5.92 Å². The van der Waals surface area contributed by atoms with E-state index >= 15 is 0 Å². The molecule has 0 aliphatic heterocycles. The molecular weight excluding hydrogens is 190 g/mol. The molecule has 3 heteroatoms. The van der Waals surface area contributed by atoms with Crippen LogP contribution in [0.5, 0.6) is 0 Å². The predicted molar refractivity (Wildman–Crippen MR) is 59.3 cm³/mol. The van der Waals surface area contributed by atoms with Crippen LogP contribution in [-0.2, 0) is 11.2 Å². The second kappa shape index (κ2) is 3.93. The molecule has 0 heterocycles. The van der Waals surface area contributed by atoms with Crippen molar-refractivity contribution in [3.63, 3.8) is 0 Å². The summed E-state index contributed by atoms with van der Waals surface area (Å²) in [5, 5.41) is 12.3. The molecule has 2 N–H and O–H groups in total. The normalized spacial score (nSPS) is 19.4. The average Bonchev–Trinajstić information content (AvgIpc) is 2.27. The summed E-state index contributed by atoms with van der Waals surface area (Å²) in [6.07, 6.45) is 2.72. The third kappa shape index (κ3) is 1.69. The standard InChI is InChI=1S/C12H15NO2/c1-13-10-7-3-5-8-4-2-6-9(11(8)10)12(14)15/h3,5,7,9,13H,2,4,6H2,1H3,(H,14,15). The third-order valence-electron chi connectivity index (χ3n) is 3.05. The highest BCUT2D eigenvalue weighted by atomic mass is 16.4. The van der Waals surface area contributed by atoms with Gasteiger partial charge in [-0.05, 0) is 36.5 Å². The molecule has 0 bridgehead atoms. The van der Waals surface area contributed by atoms with Crippen molar-refractivity contribution in [1.82, 2.24) is 0 Å². The second-order valence-corrected chi connectivity index (χ2v) is 3.91. The molecule has 0 radical (unpaired) electrons. The van der Waals surface area contributed by atoms with Crippen molar-refractivity contribution in [3.8, 4) is 0 Å². The quantitative estimate of drug-likeness (QED) is 0.778. The van der Waals surface area contributed by atoms with Crippen LogP contribution in [0.25, 0.3) is 0 Å². The van der Waals surface area contributed by atoms with Crippen LogP contribution in [0, 0.1) is 0 Å². The van der Waals surface area contributed by atoms with E-state index in [1.807, 2.05) is 25.2 Å². The fraction of sp³-hybridized carbons (Fsp3) is 0.417. The van der Waals surface area contributed by atoms with Gasteiger partial charge in [0.05, 0.1) is 5.92 Å². The molecule has 1 aromatic carbocycles. The fourth-order valence-electron chi connectivity index (χ4n) is 2.35. The molecule has 0 saturated carbocycles. The van der Waals surface area contributed by atoms with Crippen molar-refractivity contribution in [2.24, 2.45) is 0 Å². The molecule has 0 amide bonds. The summed E-state index contributed by atoms with van der Waals surface area (Å²) >= 11 is 0. The minimum atomic E-state index is -0.710. The lowest BCUT2D eigenvalue weighted by atomic mass is 9.82. The Labute approximate surface area is 89.1 Å². The average molecular weight is 205 g/mol. The maximum Gasteiger partial charge on any atom is 0.311 e. The molecule has 0 spiro atoms.